The lowest BCUT2D eigenvalue weighted by atomic mass is 10.0. The molecule has 7 aromatic carbocycles. The van der Waals surface area contributed by atoms with E-state index < -0.39 is 0 Å². The van der Waals surface area contributed by atoms with E-state index in [2.05, 4.69) is 92.6 Å². The van der Waals surface area contributed by atoms with Crippen LogP contribution in [0.1, 0.15) is 0 Å². The molecule has 0 fully saturated rings. The summed E-state index contributed by atoms with van der Waals surface area (Å²) in [6, 6.07) is 47.6. The molecule has 0 radical (unpaired) electrons. The zero-order chi connectivity index (χ0) is 32.8. The van der Waals surface area contributed by atoms with Gasteiger partial charge in [-0.1, -0.05) is 84.6 Å². The highest BCUT2D eigenvalue weighted by Crippen LogP contribution is 2.56. The number of hydrogen-bond acceptors (Lipinski definition) is 4. The van der Waals surface area contributed by atoms with Gasteiger partial charge in [0.2, 0.25) is 0 Å². The fourth-order valence-corrected chi connectivity index (χ4v) is 9.84. The van der Waals surface area contributed by atoms with Crippen LogP contribution in [0.3, 0.4) is 0 Å². The van der Waals surface area contributed by atoms with E-state index in [4.69, 9.17) is 0 Å². The Morgan fingerprint density at radius 1 is 0.400 bits per heavy atom. The standard InChI is InChI=1S/C44H23N3O2S/c48-43-24-11-1-3-17-30(24)45-34-23-35-39(27-14-10-16-29-41(27)46(35)31-18-4-2-12-25(31)44(29)49)42(38(34)26-13-9-15-28(43)40(26)45)47-32-19-5-7-21-36(32)50-37-22-8-6-20-33(37)47/h1-23H. The zero-order valence-corrected chi connectivity index (χ0v) is 27.2. The van der Waals surface area contributed by atoms with Crippen molar-refractivity contribution in [3.8, 4) is 0 Å². The van der Waals surface area contributed by atoms with Crippen LogP contribution in [-0.2, 0) is 0 Å². The third-order valence-electron chi connectivity index (χ3n) is 10.7. The topological polar surface area (TPSA) is 46.2 Å². The van der Waals surface area contributed by atoms with Crippen LogP contribution in [0.2, 0.25) is 0 Å². The van der Waals surface area contributed by atoms with Gasteiger partial charge in [-0.05, 0) is 66.7 Å². The van der Waals surface area contributed by atoms with Crippen molar-refractivity contribution in [1.29, 1.82) is 0 Å². The van der Waals surface area contributed by atoms with Crippen molar-refractivity contribution < 1.29 is 0 Å². The van der Waals surface area contributed by atoms with Gasteiger partial charge in [-0.2, -0.15) is 0 Å². The number of fused-ring (bicyclic) bond motifs is 12. The Hall–Kier alpha value is -6.37. The molecule has 0 saturated heterocycles. The molecule has 0 atom stereocenters. The van der Waals surface area contributed by atoms with Crippen LogP contribution in [0.4, 0.5) is 17.1 Å². The highest BCUT2D eigenvalue weighted by Gasteiger charge is 2.32. The monoisotopic (exact) mass is 657 g/mol. The van der Waals surface area contributed by atoms with Crippen molar-refractivity contribution in [3.63, 3.8) is 0 Å². The number of aromatic nitrogens is 2. The van der Waals surface area contributed by atoms with Gasteiger partial charge in [0.25, 0.3) is 0 Å². The molecule has 0 aliphatic carbocycles. The molecule has 4 aromatic heterocycles. The molecule has 5 nitrogen and oxygen atoms in total. The number of para-hydroxylation sites is 6. The van der Waals surface area contributed by atoms with Gasteiger partial charge in [-0.15, -0.1) is 0 Å². The number of rotatable bonds is 1. The first kappa shape index (κ1) is 26.6. The summed E-state index contributed by atoms with van der Waals surface area (Å²) in [6.45, 7) is 0. The number of pyridine rings is 2. The van der Waals surface area contributed by atoms with Crippen LogP contribution in [0.15, 0.2) is 159 Å². The lowest BCUT2D eigenvalue weighted by Gasteiger charge is -2.34. The first-order valence-corrected chi connectivity index (χ1v) is 17.5. The third-order valence-corrected chi connectivity index (χ3v) is 11.9. The van der Waals surface area contributed by atoms with Crippen molar-refractivity contribution in [1.82, 2.24) is 8.80 Å². The van der Waals surface area contributed by atoms with Gasteiger partial charge < -0.3 is 13.7 Å². The molecular weight excluding hydrogens is 635 g/mol. The molecule has 6 heteroatoms. The molecular formula is C44H23N3O2S. The average molecular weight is 658 g/mol. The number of nitrogens with zero attached hydrogens (tertiary/aromatic N) is 3. The van der Waals surface area contributed by atoms with E-state index in [0.717, 1.165) is 71.7 Å². The van der Waals surface area contributed by atoms with E-state index in [1.165, 1.54) is 9.79 Å². The molecule has 0 unspecified atom stereocenters. The predicted molar refractivity (Wildman–Crippen MR) is 207 cm³/mol. The summed E-state index contributed by atoms with van der Waals surface area (Å²) < 4.78 is 4.59. The summed E-state index contributed by atoms with van der Waals surface area (Å²) in [7, 11) is 0. The number of anilines is 3. The summed E-state index contributed by atoms with van der Waals surface area (Å²) in [5.41, 5.74) is 8.94. The maximum Gasteiger partial charge on any atom is 0.197 e. The minimum Gasteiger partial charge on any atom is -0.308 e. The predicted octanol–water partition coefficient (Wildman–Crippen LogP) is 10.6. The van der Waals surface area contributed by atoms with Crippen LogP contribution >= 0.6 is 11.8 Å². The summed E-state index contributed by atoms with van der Waals surface area (Å²) in [6.07, 6.45) is 0. The van der Waals surface area contributed by atoms with Crippen molar-refractivity contribution in [2.24, 2.45) is 0 Å². The van der Waals surface area contributed by atoms with Gasteiger partial charge in [0, 0.05) is 52.9 Å². The molecule has 0 bridgehead atoms. The second-order valence-corrected chi connectivity index (χ2v) is 14.2. The Balaban J connectivity index is 1.45. The normalized spacial score (nSPS) is 13.2. The lowest BCUT2D eigenvalue weighted by Crippen LogP contribution is -2.15. The van der Waals surface area contributed by atoms with Crippen LogP contribution in [0, 0.1) is 0 Å². The summed E-state index contributed by atoms with van der Waals surface area (Å²) in [5.74, 6) is 0. The Bertz CT molecular complexity index is 3190. The van der Waals surface area contributed by atoms with E-state index in [0.29, 0.717) is 21.5 Å². The van der Waals surface area contributed by atoms with Crippen LogP contribution < -0.4 is 15.8 Å². The maximum atomic E-state index is 14.1. The van der Waals surface area contributed by atoms with Crippen molar-refractivity contribution in [2.75, 3.05) is 4.90 Å². The second-order valence-electron chi connectivity index (χ2n) is 13.2. The maximum absolute atomic E-state index is 14.1. The average Bonchev–Trinajstić information content (AvgIpc) is 3.68. The first-order chi connectivity index (χ1) is 24.7. The summed E-state index contributed by atoms with van der Waals surface area (Å²) in [5, 5.41) is 6.97. The van der Waals surface area contributed by atoms with Gasteiger partial charge in [0.05, 0.1) is 50.2 Å². The van der Waals surface area contributed by atoms with E-state index in [1.54, 1.807) is 11.8 Å². The van der Waals surface area contributed by atoms with Gasteiger partial charge >= 0.3 is 0 Å². The van der Waals surface area contributed by atoms with E-state index in [9.17, 15) is 9.59 Å². The lowest BCUT2D eigenvalue weighted by molar-refractivity contribution is 1.18. The molecule has 5 heterocycles. The molecule has 1 aliphatic heterocycles. The van der Waals surface area contributed by atoms with Crippen LogP contribution in [-0.4, -0.2) is 8.80 Å². The minimum atomic E-state index is 0.0409. The van der Waals surface area contributed by atoms with Crippen molar-refractivity contribution in [3.05, 3.63) is 160 Å². The fourth-order valence-electron chi connectivity index (χ4n) is 8.79. The third kappa shape index (κ3) is 3.07. The van der Waals surface area contributed by atoms with Crippen LogP contribution in [0.25, 0.3) is 76.2 Å². The summed E-state index contributed by atoms with van der Waals surface area (Å²) in [4.78, 5) is 32.9. The molecule has 50 heavy (non-hydrogen) atoms. The molecule has 12 rings (SSSR count). The van der Waals surface area contributed by atoms with Gasteiger partial charge in [-0.3, -0.25) is 9.59 Å². The van der Waals surface area contributed by atoms with E-state index in [1.807, 2.05) is 60.7 Å². The van der Waals surface area contributed by atoms with E-state index in [-0.39, 0.29) is 10.9 Å². The Labute approximate surface area is 287 Å². The molecule has 0 spiro atoms. The SMILES string of the molecule is O=c1c2ccccc2n2c3cc4c(c(N5c6ccccc6Sc6ccccc65)c3c3cccc1c32)c1cccc2c(=O)c3ccccc3n4c21. The second kappa shape index (κ2) is 9.20. The first-order valence-electron chi connectivity index (χ1n) is 16.7. The molecule has 232 valence electrons. The highest BCUT2D eigenvalue weighted by molar-refractivity contribution is 7.99. The highest BCUT2D eigenvalue weighted by atomic mass is 32.2. The Morgan fingerprint density at radius 2 is 0.820 bits per heavy atom. The Morgan fingerprint density at radius 3 is 1.34 bits per heavy atom. The van der Waals surface area contributed by atoms with Gasteiger partial charge in [-0.25, -0.2) is 0 Å². The zero-order valence-electron chi connectivity index (χ0n) is 26.3. The Kier molecular flexibility index (Phi) is 4.89. The smallest absolute Gasteiger partial charge is 0.197 e. The quantitative estimate of drug-likeness (QED) is 0.165. The number of benzene rings is 7. The molecule has 0 saturated carbocycles. The largest absolute Gasteiger partial charge is 0.308 e. The fraction of sp³-hybridized carbons (Fsp3) is 0. The molecule has 1 aliphatic rings. The minimum absolute atomic E-state index is 0.0409. The molecule has 11 aromatic rings. The number of hydrogen-bond donors (Lipinski definition) is 0. The van der Waals surface area contributed by atoms with E-state index >= 15 is 0 Å². The summed E-state index contributed by atoms with van der Waals surface area (Å²) >= 11 is 1.78. The van der Waals surface area contributed by atoms with Crippen molar-refractivity contribution in [2.45, 2.75) is 9.79 Å². The van der Waals surface area contributed by atoms with Crippen LogP contribution in [0.5, 0.6) is 0 Å². The van der Waals surface area contributed by atoms with Gasteiger partial charge in [0.1, 0.15) is 0 Å². The molecule has 0 N–H and O–H groups in total. The molecule has 0 amide bonds. The van der Waals surface area contributed by atoms with Gasteiger partial charge in [0.15, 0.2) is 10.9 Å². The van der Waals surface area contributed by atoms with Crippen molar-refractivity contribution >= 4 is 105 Å².